The molecule has 1 saturated heterocycles. The van der Waals surface area contributed by atoms with Crippen LogP contribution >= 0.6 is 0 Å². The minimum Gasteiger partial charge on any atom is -0.370 e. The molecule has 0 aromatic carbocycles. The van der Waals surface area contributed by atoms with Gasteiger partial charge in [-0.3, -0.25) is 0 Å². The van der Waals surface area contributed by atoms with Crippen LogP contribution in [0, 0.1) is 5.92 Å². The Balaban J connectivity index is 1.73. The summed E-state index contributed by atoms with van der Waals surface area (Å²) < 4.78 is 0. The summed E-state index contributed by atoms with van der Waals surface area (Å²) in [4.78, 5) is 8.38. The molecule has 0 bridgehead atoms. The molecule has 1 atom stereocenters. The second-order valence-electron chi connectivity index (χ2n) is 4.89. The van der Waals surface area contributed by atoms with Crippen LogP contribution in [0.25, 0.3) is 0 Å². The van der Waals surface area contributed by atoms with Gasteiger partial charge in [0.25, 0.3) is 0 Å². The van der Waals surface area contributed by atoms with Gasteiger partial charge in [0.15, 0.2) is 0 Å². The fraction of sp³-hybridized carbons (Fsp3) is 0.571. The number of hydrogen-bond acceptors (Lipinski definition) is 5. The molecule has 0 radical (unpaired) electrons. The summed E-state index contributed by atoms with van der Waals surface area (Å²) in [5, 5.41) is 9.96. The topological polar surface area (TPSA) is 61.9 Å². The highest BCUT2D eigenvalue weighted by Crippen LogP contribution is 2.14. The van der Waals surface area contributed by atoms with Crippen LogP contribution < -0.4 is 16.0 Å². The minimum atomic E-state index is 0.712. The smallest absolute Gasteiger partial charge is 0.131 e. The second kappa shape index (κ2) is 7.74. The summed E-state index contributed by atoms with van der Waals surface area (Å²) in [5.74, 6) is 2.50. The first-order valence-electron chi connectivity index (χ1n) is 7.00. The van der Waals surface area contributed by atoms with Crippen molar-refractivity contribution in [1.29, 1.82) is 0 Å². The van der Waals surface area contributed by atoms with Crippen LogP contribution in [0.3, 0.4) is 0 Å². The van der Waals surface area contributed by atoms with Gasteiger partial charge in [-0.25, -0.2) is 9.97 Å². The zero-order valence-corrected chi connectivity index (χ0v) is 11.4. The van der Waals surface area contributed by atoms with Crippen LogP contribution in [0.15, 0.2) is 25.0 Å². The molecular weight excluding hydrogens is 238 g/mol. The van der Waals surface area contributed by atoms with E-state index >= 15 is 0 Å². The summed E-state index contributed by atoms with van der Waals surface area (Å²) in [6, 6.07) is 1.93. The lowest BCUT2D eigenvalue weighted by Gasteiger charge is -2.22. The largest absolute Gasteiger partial charge is 0.370 e. The molecule has 0 amide bonds. The highest BCUT2D eigenvalue weighted by Gasteiger charge is 2.12. The number of aromatic nitrogens is 2. The van der Waals surface area contributed by atoms with Gasteiger partial charge in [-0.1, -0.05) is 6.08 Å². The maximum atomic E-state index is 4.23. The van der Waals surface area contributed by atoms with E-state index in [1.165, 1.54) is 25.8 Å². The third kappa shape index (κ3) is 4.87. The lowest BCUT2D eigenvalue weighted by molar-refractivity contribution is 0.364. The van der Waals surface area contributed by atoms with Crippen molar-refractivity contribution in [3.63, 3.8) is 0 Å². The number of anilines is 2. The Morgan fingerprint density at radius 3 is 2.95 bits per heavy atom. The Bertz CT molecular complexity index is 387. The molecule has 1 aromatic rings. The predicted octanol–water partition coefficient (Wildman–Crippen LogP) is 1.88. The Morgan fingerprint density at radius 1 is 1.37 bits per heavy atom. The van der Waals surface area contributed by atoms with E-state index in [-0.39, 0.29) is 0 Å². The van der Waals surface area contributed by atoms with Crippen LogP contribution in [-0.4, -0.2) is 36.1 Å². The van der Waals surface area contributed by atoms with Crippen molar-refractivity contribution in [2.45, 2.75) is 19.3 Å². The predicted molar refractivity (Wildman–Crippen MR) is 79.4 cm³/mol. The molecule has 2 heterocycles. The zero-order valence-electron chi connectivity index (χ0n) is 11.4. The number of nitrogens with one attached hydrogen (secondary N) is 3. The highest BCUT2D eigenvalue weighted by atomic mass is 15.1. The number of hydrogen-bond donors (Lipinski definition) is 3. The van der Waals surface area contributed by atoms with Crippen molar-refractivity contribution in [2.75, 3.05) is 36.8 Å². The van der Waals surface area contributed by atoms with Crippen molar-refractivity contribution in [2.24, 2.45) is 5.92 Å². The molecule has 1 aliphatic rings. The van der Waals surface area contributed by atoms with E-state index in [9.17, 15) is 0 Å². The lowest BCUT2D eigenvalue weighted by atomic mass is 9.96. The summed E-state index contributed by atoms with van der Waals surface area (Å²) in [6.07, 6.45) is 7.21. The van der Waals surface area contributed by atoms with Crippen molar-refractivity contribution in [3.8, 4) is 0 Å². The van der Waals surface area contributed by atoms with Gasteiger partial charge >= 0.3 is 0 Å². The summed E-state index contributed by atoms with van der Waals surface area (Å²) in [5.41, 5.74) is 0. The number of piperidine rings is 1. The summed E-state index contributed by atoms with van der Waals surface area (Å²) in [7, 11) is 0. The van der Waals surface area contributed by atoms with Crippen LogP contribution in [0.2, 0.25) is 0 Å². The first-order valence-corrected chi connectivity index (χ1v) is 7.00. The SMILES string of the molecule is C=CCNc1cc(NCCC2CCCNC2)ncn1. The maximum Gasteiger partial charge on any atom is 0.131 e. The summed E-state index contributed by atoms with van der Waals surface area (Å²) >= 11 is 0. The average molecular weight is 261 g/mol. The van der Waals surface area contributed by atoms with Crippen molar-refractivity contribution in [3.05, 3.63) is 25.0 Å². The molecule has 5 nitrogen and oxygen atoms in total. The zero-order chi connectivity index (χ0) is 13.3. The van der Waals surface area contributed by atoms with Gasteiger partial charge in [0.05, 0.1) is 0 Å². The van der Waals surface area contributed by atoms with Crippen molar-refractivity contribution < 1.29 is 0 Å². The molecule has 0 saturated carbocycles. The van der Waals surface area contributed by atoms with E-state index in [4.69, 9.17) is 0 Å². The first-order chi connectivity index (χ1) is 9.38. The quantitative estimate of drug-likeness (QED) is 0.654. The van der Waals surface area contributed by atoms with Gasteiger partial charge in [0, 0.05) is 19.2 Å². The molecule has 0 spiro atoms. The molecule has 2 rings (SSSR count). The Kier molecular flexibility index (Phi) is 5.62. The van der Waals surface area contributed by atoms with E-state index in [1.54, 1.807) is 6.33 Å². The Morgan fingerprint density at radius 2 is 2.21 bits per heavy atom. The van der Waals surface area contributed by atoms with Crippen molar-refractivity contribution >= 4 is 11.6 Å². The molecule has 104 valence electrons. The van der Waals surface area contributed by atoms with E-state index in [1.807, 2.05) is 12.1 Å². The lowest BCUT2D eigenvalue weighted by Crippen LogP contribution is -2.30. The van der Waals surface area contributed by atoms with Crippen LogP contribution in [0.4, 0.5) is 11.6 Å². The molecule has 1 aromatic heterocycles. The van der Waals surface area contributed by atoms with Crippen molar-refractivity contribution in [1.82, 2.24) is 15.3 Å². The third-order valence-electron chi connectivity index (χ3n) is 3.35. The average Bonchev–Trinajstić information content (AvgIpc) is 2.47. The Labute approximate surface area is 114 Å². The van der Waals surface area contributed by atoms with Gasteiger partial charge in [0.2, 0.25) is 0 Å². The molecular formula is C14H23N5. The van der Waals surface area contributed by atoms with Crippen LogP contribution in [0.1, 0.15) is 19.3 Å². The normalized spacial score (nSPS) is 18.8. The fourth-order valence-corrected chi connectivity index (χ4v) is 2.30. The van der Waals surface area contributed by atoms with Gasteiger partial charge in [-0.2, -0.15) is 0 Å². The second-order valence-corrected chi connectivity index (χ2v) is 4.89. The molecule has 5 heteroatoms. The van der Waals surface area contributed by atoms with Gasteiger partial charge in [-0.15, -0.1) is 6.58 Å². The summed E-state index contributed by atoms with van der Waals surface area (Å²) in [6.45, 7) is 7.67. The van der Waals surface area contributed by atoms with Crippen LogP contribution in [0.5, 0.6) is 0 Å². The Hall–Kier alpha value is -1.62. The van der Waals surface area contributed by atoms with Gasteiger partial charge in [0.1, 0.15) is 18.0 Å². The van der Waals surface area contributed by atoms with E-state index in [2.05, 4.69) is 32.5 Å². The van der Waals surface area contributed by atoms with Gasteiger partial charge in [-0.05, 0) is 38.3 Å². The number of rotatable bonds is 7. The molecule has 3 N–H and O–H groups in total. The molecule has 1 fully saturated rings. The van der Waals surface area contributed by atoms with E-state index < -0.39 is 0 Å². The number of nitrogens with zero attached hydrogens (tertiary/aromatic N) is 2. The van der Waals surface area contributed by atoms with E-state index in [0.717, 1.165) is 30.6 Å². The fourth-order valence-electron chi connectivity index (χ4n) is 2.30. The molecule has 1 aliphatic heterocycles. The van der Waals surface area contributed by atoms with Gasteiger partial charge < -0.3 is 16.0 Å². The standard InChI is InChI=1S/C14H23N5/c1-2-6-16-13-9-14(19-11-18-13)17-8-5-12-4-3-7-15-10-12/h2,9,11-12,15H,1,3-8,10H2,(H2,16,17,18,19). The van der Waals surface area contributed by atoms with E-state index in [0.29, 0.717) is 6.54 Å². The minimum absolute atomic E-state index is 0.712. The first kappa shape index (κ1) is 13.8. The molecule has 19 heavy (non-hydrogen) atoms. The molecule has 1 unspecified atom stereocenters. The third-order valence-corrected chi connectivity index (χ3v) is 3.35. The monoisotopic (exact) mass is 261 g/mol. The highest BCUT2D eigenvalue weighted by molar-refractivity contribution is 5.46. The maximum absolute atomic E-state index is 4.23. The molecule has 0 aliphatic carbocycles. The van der Waals surface area contributed by atoms with Crippen LogP contribution in [-0.2, 0) is 0 Å².